The number of para-hydroxylation sites is 1. The average molecular weight is 518 g/mol. The zero-order chi connectivity index (χ0) is 28.1. The largest absolute Gasteiger partial charge is 0.384 e. The van der Waals surface area contributed by atoms with E-state index in [0.29, 0.717) is 17.8 Å². The highest BCUT2D eigenvalue weighted by molar-refractivity contribution is 6.15. The van der Waals surface area contributed by atoms with Crippen molar-refractivity contribution < 1.29 is 0 Å². The van der Waals surface area contributed by atoms with E-state index in [-0.39, 0.29) is 5.82 Å². The second kappa shape index (κ2) is 11.7. The maximum atomic E-state index is 5.95. The smallest absolute Gasteiger partial charge is 0.133 e. The first kappa shape index (κ1) is 27.2. The van der Waals surface area contributed by atoms with Gasteiger partial charge < -0.3 is 10.6 Å². The van der Waals surface area contributed by atoms with Crippen molar-refractivity contribution in [3.8, 4) is 23.5 Å². The molecule has 2 aromatic carbocycles. The molecule has 0 fully saturated rings. The molecule has 1 aliphatic heterocycles. The molecule has 0 amide bonds. The maximum Gasteiger partial charge on any atom is 0.133 e. The number of benzene rings is 2. The Labute approximate surface area is 231 Å². The van der Waals surface area contributed by atoms with Crippen LogP contribution in [0.5, 0.6) is 0 Å². The first-order valence-corrected chi connectivity index (χ1v) is 12.9. The summed E-state index contributed by atoms with van der Waals surface area (Å²) < 4.78 is 1.80. The molecule has 7 nitrogen and oxygen atoms in total. The third kappa shape index (κ3) is 5.70. The van der Waals surface area contributed by atoms with Crippen LogP contribution in [-0.4, -0.2) is 39.3 Å². The van der Waals surface area contributed by atoms with Gasteiger partial charge in [-0.25, -0.2) is 9.98 Å². The van der Waals surface area contributed by atoms with Gasteiger partial charge in [-0.1, -0.05) is 56.3 Å². The summed E-state index contributed by atoms with van der Waals surface area (Å²) in [7, 11) is 1.92. The van der Waals surface area contributed by atoms with Crippen LogP contribution in [0.15, 0.2) is 101 Å². The number of hydrogen-bond donors (Lipinski definition) is 1. The van der Waals surface area contributed by atoms with Crippen LogP contribution in [0.1, 0.15) is 32.8 Å². The quantitative estimate of drug-likeness (QED) is 0.274. The first-order valence-electron chi connectivity index (χ1n) is 12.9. The number of hydrogen-bond acceptors (Lipinski definition) is 6. The monoisotopic (exact) mass is 517 g/mol. The van der Waals surface area contributed by atoms with E-state index in [4.69, 9.17) is 17.1 Å². The standard InChI is InChI=1S/C32H35N7/c1-8-18-38(23(4)28(9-2)22(3)35-25(6)33)21-31-36-30-17-13-16-29(26-19-34-37(7)20-26)32(30)24(5)39(31)27-14-11-10-12-15-27/h2,10-17,19-20H,5-6,8,18,21,33H2,1,3-4,7H3/b28-23+,35-22?. The molecular weight excluding hydrogens is 482 g/mol. The van der Waals surface area contributed by atoms with Crippen LogP contribution in [0.3, 0.4) is 0 Å². The predicted molar refractivity (Wildman–Crippen MR) is 164 cm³/mol. The number of rotatable bonds is 9. The minimum Gasteiger partial charge on any atom is -0.384 e. The van der Waals surface area contributed by atoms with Gasteiger partial charge in [-0.05, 0) is 44.0 Å². The molecule has 1 aromatic heterocycles. The third-order valence-corrected chi connectivity index (χ3v) is 6.62. The molecule has 0 saturated carbocycles. The second-order valence-electron chi connectivity index (χ2n) is 9.46. The average Bonchev–Trinajstić information content (AvgIpc) is 3.34. The topological polar surface area (TPSA) is 75.0 Å². The molecule has 7 heteroatoms. The van der Waals surface area contributed by atoms with Gasteiger partial charge in [-0.3, -0.25) is 9.58 Å². The molecular formula is C32H35N7. The Hall–Kier alpha value is -4.83. The van der Waals surface area contributed by atoms with Crippen LogP contribution in [0.2, 0.25) is 0 Å². The summed E-state index contributed by atoms with van der Waals surface area (Å²) in [6.07, 6.45) is 10.7. The van der Waals surface area contributed by atoms with Crippen molar-refractivity contribution in [2.45, 2.75) is 27.2 Å². The van der Waals surface area contributed by atoms with Gasteiger partial charge in [0.15, 0.2) is 0 Å². The Morgan fingerprint density at radius 1 is 1.15 bits per heavy atom. The van der Waals surface area contributed by atoms with Gasteiger partial charge in [-0.2, -0.15) is 5.10 Å². The van der Waals surface area contributed by atoms with Crippen molar-refractivity contribution in [3.05, 3.63) is 96.7 Å². The predicted octanol–water partition coefficient (Wildman–Crippen LogP) is 6.12. The molecule has 3 aromatic rings. The molecule has 2 N–H and O–H groups in total. The van der Waals surface area contributed by atoms with Crippen molar-refractivity contribution in [2.24, 2.45) is 22.8 Å². The number of aliphatic imine (C=N–C) groups is 2. The fraction of sp³-hybridized carbons (Fsp3) is 0.219. The highest BCUT2D eigenvalue weighted by Gasteiger charge is 2.29. The molecule has 0 radical (unpaired) electrons. The lowest BCUT2D eigenvalue weighted by Crippen LogP contribution is -2.41. The Morgan fingerprint density at radius 3 is 2.51 bits per heavy atom. The molecule has 0 atom stereocenters. The van der Waals surface area contributed by atoms with Gasteiger partial charge in [0.2, 0.25) is 0 Å². The van der Waals surface area contributed by atoms with E-state index in [0.717, 1.165) is 58.3 Å². The van der Waals surface area contributed by atoms with Crippen LogP contribution in [0, 0.1) is 12.3 Å². The number of amidine groups is 1. The van der Waals surface area contributed by atoms with Crippen LogP contribution in [-0.2, 0) is 7.05 Å². The van der Waals surface area contributed by atoms with Gasteiger partial charge in [0, 0.05) is 42.3 Å². The number of fused-ring (bicyclic) bond motifs is 1. The van der Waals surface area contributed by atoms with Crippen molar-refractivity contribution in [3.63, 3.8) is 0 Å². The van der Waals surface area contributed by atoms with E-state index < -0.39 is 0 Å². The van der Waals surface area contributed by atoms with Crippen LogP contribution in [0.4, 0.5) is 11.4 Å². The van der Waals surface area contributed by atoms with Crippen LogP contribution in [0.25, 0.3) is 16.8 Å². The second-order valence-corrected chi connectivity index (χ2v) is 9.46. The van der Waals surface area contributed by atoms with Crippen molar-refractivity contribution in [1.82, 2.24) is 14.7 Å². The van der Waals surface area contributed by atoms with Crippen molar-refractivity contribution in [1.29, 1.82) is 0 Å². The van der Waals surface area contributed by atoms with E-state index in [2.05, 4.69) is 64.1 Å². The number of nitrogens with zero attached hydrogens (tertiary/aromatic N) is 6. The highest BCUT2D eigenvalue weighted by Crippen LogP contribution is 2.42. The number of nitrogens with two attached hydrogens (primary N) is 1. The summed E-state index contributed by atoms with van der Waals surface area (Å²) in [6.45, 7) is 15.6. The minimum absolute atomic E-state index is 0.222. The first-order chi connectivity index (χ1) is 18.7. The lowest BCUT2D eigenvalue weighted by Gasteiger charge is -2.37. The number of aromatic nitrogens is 2. The van der Waals surface area contributed by atoms with E-state index in [1.807, 2.05) is 63.6 Å². The number of allylic oxidation sites excluding steroid dienone is 2. The summed E-state index contributed by atoms with van der Waals surface area (Å²) in [5, 5.41) is 4.38. The lowest BCUT2D eigenvalue weighted by molar-refractivity contribution is 0.388. The number of terminal acetylenes is 1. The lowest BCUT2D eigenvalue weighted by atomic mass is 9.96. The highest BCUT2D eigenvalue weighted by atomic mass is 15.3. The summed E-state index contributed by atoms with van der Waals surface area (Å²) >= 11 is 0. The zero-order valence-electron chi connectivity index (χ0n) is 23.1. The van der Waals surface area contributed by atoms with Crippen LogP contribution >= 0.6 is 0 Å². The summed E-state index contributed by atoms with van der Waals surface area (Å²) in [5.74, 6) is 3.88. The molecule has 0 bridgehead atoms. The zero-order valence-corrected chi connectivity index (χ0v) is 23.1. The normalized spacial score (nSPS) is 13.8. The number of aryl methyl sites for hydroxylation is 1. The molecule has 0 aliphatic carbocycles. The Balaban J connectivity index is 1.87. The van der Waals surface area contributed by atoms with Gasteiger partial charge >= 0.3 is 0 Å². The SMILES string of the molecule is C#C/C(C(C)=NC(=C)N)=C(/C)N(CCC)CC1=Nc2cccc(-c3cnn(C)c3)c2C(=C)N1c1ccccc1. The molecule has 198 valence electrons. The Morgan fingerprint density at radius 2 is 1.90 bits per heavy atom. The molecule has 39 heavy (non-hydrogen) atoms. The van der Waals surface area contributed by atoms with Gasteiger partial charge in [-0.15, -0.1) is 6.42 Å². The molecule has 0 saturated heterocycles. The number of anilines is 1. The molecule has 4 rings (SSSR count). The minimum atomic E-state index is 0.222. The Bertz CT molecular complexity index is 1530. The van der Waals surface area contributed by atoms with Crippen molar-refractivity contribution >= 4 is 28.6 Å². The maximum absolute atomic E-state index is 5.95. The summed E-state index contributed by atoms with van der Waals surface area (Å²) in [5.41, 5.74) is 13.8. The van der Waals surface area contributed by atoms with E-state index >= 15 is 0 Å². The third-order valence-electron chi connectivity index (χ3n) is 6.62. The van der Waals surface area contributed by atoms with Crippen molar-refractivity contribution in [2.75, 3.05) is 18.0 Å². The molecule has 0 spiro atoms. The molecule has 2 heterocycles. The van der Waals surface area contributed by atoms with E-state index in [1.54, 1.807) is 4.68 Å². The summed E-state index contributed by atoms with van der Waals surface area (Å²) in [4.78, 5) is 13.9. The molecule has 0 unspecified atom stereocenters. The fourth-order valence-electron chi connectivity index (χ4n) is 4.89. The van der Waals surface area contributed by atoms with Gasteiger partial charge in [0.05, 0.1) is 35.4 Å². The Kier molecular flexibility index (Phi) is 8.16. The van der Waals surface area contributed by atoms with E-state index in [9.17, 15) is 0 Å². The summed E-state index contributed by atoms with van der Waals surface area (Å²) in [6, 6.07) is 16.3. The van der Waals surface area contributed by atoms with E-state index in [1.165, 1.54) is 0 Å². The fourth-order valence-corrected chi connectivity index (χ4v) is 4.89. The molecule has 1 aliphatic rings. The van der Waals surface area contributed by atoms with Gasteiger partial charge in [0.25, 0.3) is 0 Å². The van der Waals surface area contributed by atoms with Crippen LogP contribution < -0.4 is 10.6 Å². The van der Waals surface area contributed by atoms with Gasteiger partial charge in [0.1, 0.15) is 11.7 Å².